The van der Waals surface area contributed by atoms with Crippen LogP contribution in [0.3, 0.4) is 0 Å². The molecule has 176 valence electrons. The fraction of sp³-hybridized carbons (Fsp3) is 0.682. The van der Waals surface area contributed by atoms with E-state index in [1.54, 1.807) is 19.2 Å². The van der Waals surface area contributed by atoms with Crippen molar-refractivity contribution in [2.45, 2.75) is 58.0 Å². The molecule has 1 aromatic rings. The monoisotopic (exact) mass is 456 g/mol. The van der Waals surface area contributed by atoms with Crippen molar-refractivity contribution >= 4 is 16.1 Å². The molecule has 0 saturated carbocycles. The number of hydrogen-bond donors (Lipinski definition) is 0. The van der Waals surface area contributed by atoms with E-state index in [9.17, 15) is 13.2 Å². The van der Waals surface area contributed by atoms with E-state index >= 15 is 0 Å². The molecule has 1 saturated heterocycles. The minimum absolute atomic E-state index is 0.0371. The lowest BCUT2D eigenvalue weighted by atomic mass is 9.99. The predicted molar refractivity (Wildman–Crippen MR) is 119 cm³/mol. The van der Waals surface area contributed by atoms with Crippen molar-refractivity contribution in [2.75, 3.05) is 39.9 Å². The number of sulfonamides is 1. The number of nitrogens with zero attached hydrogens (tertiary/aromatic N) is 2. The molecule has 0 bridgehead atoms. The maximum Gasteiger partial charge on any atom is 0.410 e. The van der Waals surface area contributed by atoms with E-state index in [0.29, 0.717) is 44.3 Å². The Bertz CT molecular complexity index is 850. The summed E-state index contributed by atoms with van der Waals surface area (Å²) in [7, 11) is -2.01. The number of amides is 1. The highest BCUT2D eigenvalue weighted by Gasteiger charge is 2.32. The van der Waals surface area contributed by atoms with Crippen LogP contribution in [0.1, 0.15) is 47.5 Å². The molecule has 1 heterocycles. The van der Waals surface area contributed by atoms with Crippen molar-refractivity contribution < 1.29 is 27.4 Å². The molecule has 0 spiro atoms. The third-order valence-corrected chi connectivity index (χ3v) is 6.73. The summed E-state index contributed by atoms with van der Waals surface area (Å²) in [5.74, 6) is 0.984. The molecule has 9 heteroatoms. The molecule has 0 aliphatic carbocycles. The van der Waals surface area contributed by atoms with Gasteiger partial charge in [0.05, 0.1) is 18.1 Å². The Hall–Kier alpha value is -2.00. The van der Waals surface area contributed by atoms with Crippen LogP contribution in [0.25, 0.3) is 0 Å². The summed E-state index contributed by atoms with van der Waals surface area (Å²) in [6.45, 7) is 11.3. The molecule has 1 fully saturated rings. The van der Waals surface area contributed by atoms with Crippen molar-refractivity contribution in [3.05, 3.63) is 18.2 Å². The Labute approximate surface area is 186 Å². The van der Waals surface area contributed by atoms with E-state index in [1.807, 2.05) is 34.6 Å². The van der Waals surface area contributed by atoms with Gasteiger partial charge in [0.2, 0.25) is 10.0 Å². The Balaban J connectivity index is 2.13. The normalized spacial score (nSPS) is 17.8. The first kappa shape index (κ1) is 25.3. The van der Waals surface area contributed by atoms with Crippen LogP contribution in [0.15, 0.2) is 23.1 Å². The standard InChI is InChI=1S/C22H36N2O6S/c1-7-28-19-12-11-18(14-20(19)29-8-2)31(26,27)24-13-9-10-17(16-24)15-23(6)21(25)30-22(3,4)5/h11-12,14,17H,7-10,13,15-16H2,1-6H3. The number of piperidine rings is 1. The van der Waals surface area contributed by atoms with Crippen LogP contribution in [0, 0.1) is 5.92 Å². The van der Waals surface area contributed by atoms with Gasteiger partial charge in [0.25, 0.3) is 0 Å². The van der Waals surface area contributed by atoms with E-state index in [4.69, 9.17) is 14.2 Å². The lowest BCUT2D eigenvalue weighted by Crippen LogP contribution is -2.44. The fourth-order valence-electron chi connectivity index (χ4n) is 3.54. The molecule has 0 aromatic heterocycles. The lowest BCUT2D eigenvalue weighted by molar-refractivity contribution is 0.0258. The zero-order valence-corrected chi connectivity index (χ0v) is 20.3. The topological polar surface area (TPSA) is 85.4 Å². The SMILES string of the molecule is CCOc1ccc(S(=O)(=O)N2CCCC(CN(C)C(=O)OC(C)(C)C)C2)cc1OCC. The molecule has 31 heavy (non-hydrogen) atoms. The maximum absolute atomic E-state index is 13.3. The summed E-state index contributed by atoms with van der Waals surface area (Å²) in [5.41, 5.74) is -0.570. The Morgan fingerprint density at radius 1 is 1.16 bits per heavy atom. The summed E-state index contributed by atoms with van der Waals surface area (Å²) in [6.07, 6.45) is 1.19. The second kappa shape index (κ2) is 10.5. The highest BCUT2D eigenvalue weighted by atomic mass is 32.2. The predicted octanol–water partition coefficient (Wildman–Crippen LogP) is 3.75. The molecule has 1 aliphatic rings. The van der Waals surface area contributed by atoms with E-state index in [2.05, 4.69) is 0 Å². The molecule has 1 atom stereocenters. The Kier molecular flexibility index (Phi) is 8.59. The van der Waals surface area contributed by atoms with Crippen molar-refractivity contribution in [1.82, 2.24) is 9.21 Å². The van der Waals surface area contributed by atoms with Gasteiger partial charge >= 0.3 is 6.09 Å². The maximum atomic E-state index is 13.3. The van der Waals surface area contributed by atoms with Gasteiger partial charge in [0.1, 0.15) is 5.60 Å². The van der Waals surface area contributed by atoms with Crippen LogP contribution in [-0.4, -0.2) is 69.2 Å². The van der Waals surface area contributed by atoms with Gasteiger partial charge < -0.3 is 19.1 Å². The van der Waals surface area contributed by atoms with Crippen molar-refractivity contribution in [2.24, 2.45) is 5.92 Å². The van der Waals surface area contributed by atoms with Gasteiger partial charge in [-0.2, -0.15) is 4.31 Å². The molecule has 1 unspecified atom stereocenters. The summed E-state index contributed by atoms with van der Waals surface area (Å²) >= 11 is 0. The first-order chi connectivity index (χ1) is 14.5. The highest BCUT2D eigenvalue weighted by Crippen LogP contribution is 2.32. The molecule has 0 radical (unpaired) electrons. The largest absolute Gasteiger partial charge is 0.490 e. The Morgan fingerprint density at radius 3 is 2.42 bits per heavy atom. The van der Waals surface area contributed by atoms with Gasteiger partial charge in [-0.25, -0.2) is 13.2 Å². The van der Waals surface area contributed by atoms with Gasteiger partial charge in [0, 0.05) is 32.7 Å². The van der Waals surface area contributed by atoms with Crippen LogP contribution in [-0.2, 0) is 14.8 Å². The molecule has 8 nitrogen and oxygen atoms in total. The third-order valence-electron chi connectivity index (χ3n) is 4.87. The zero-order valence-electron chi connectivity index (χ0n) is 19.5. The zero-order chi connectivity index (χ0) is 23.2. The number of carbonyl (C=O) groups excluding carboxylic acids is 1. The highest BCUT2D eigenvalue weighted by molar-refractivity contribution is 7.89. The van der Waals surface area contributed by atoms with E-state index in [1.165, 1.54) is 15.3 Å². The van der Waals surface area contributed by atoms with Crippen molar-refractivity contribution in [3.63, 3.8) is 0 Å². The van der Waals surface area contributed by atoms with Crippen LogP contribution < -0.4 is 9.47 Å². The number of carbonyl (C=O) groups is 1. The first-order valence-electron chi connectivity index (χ1n) is 10.8. The minimum atomic E-state index is -3.69. The van der Waals surface area contributed by atoms with Gasteiger partial charge in [-0.1, -0.05) is 0 Å². The molecular weight excluding hydrogens is 420 g/mol. The van der Waals surface area contributed by atoms with Crippen LogP contribution >= 0.6 is 0 Å². The minimum Gasteiger partial charge on any atom is -0.490 e. The van der Waals surface area contributed by atoms with Crippen molar-refractivity contribution in [1.29, 1.82) is 0 Å². The average molecular weight is 457 g/mol. The molecule has 1 aliphatic heterocycles. The number of benzene rings is 1. The van der Waals surface area contributed by atoms with Crippen LogP contribution in [0.4, 0.5) is 4.79 Å². The van der Waals surface area contributed by atoms with Crippen LogP contribution in [0.2, 0.25) is 0 Å². The molecular formula is C22H36N2O6S. The Morgan fingerprint density at radius 2 is 1.81 bits per heavy atom. The summed E-state index contributed by atoms with van der Waals surface area (Å²) in [4.78, 5) is 14.0. The van der Waals surface area contributed by atoms with Gasteiger partial charge in [-0.15, -0.1) is 0 Å². The number of hydrogen-bond acceptors (Lipinski definition) is 6. The molecule has 1 amide bonds. The first-order valence-corrected chi connectivity index (χ1v) is 12.3. The second-order valence-corrected chi connectivity index (χ2v) is 10.6. The van der Waals surface area contributed by atoms with Crippen LogP contribution in [0.5, 0.6) is 11.5 Å². The summed E-state index contributed by atoms with van der Waals surface area (Å²) in [6, 6.07) is 4.72. The number of rotatable bonds is 8. The van der Waals surface area contributed by atoms with E-state index in [-0.39, 0.29) is 10.8 Å². The smallest absolute Gasteiger partial charge is 0.410 e. The van der Waals surface area contributed by atoms with E-state index < -0.39 is 21.7 Å². The van der Waals surface area contributed by atoms with E-state index in [0.717, 1.165) is 12.8 Å². The van der Waals surface area contributed by atoms with Gasteiger partial charge in [0.15, 0.2) is 11.5 Å². The van der Waals surface area contributed by atoms with Gasteiger partial charge in [-0.3, -0.25) is 0 Å². The second-order valence-electron chi connectivity index (χ2n) is 8.71. The molecule has 0 N–H and O–H groups in total. The quantitative estimate of drug-likeness (QED) is 0.592. The average Bonchev–Trinajstić information content (AvgIpc) is 2.68. The summed E-state index contributed by atoms with van der Waals surface area (Å²) in [5, 5.41) is 0. The molecule has 1 aromatic carbocycles. The fourth-order valence-corrected chi connectivity index (χ4v) is 5.11. The summed E-state index contributed by atoms with van der Waals surface area (Å²) < 4.78 is 44.6. The van der Waals surface area contributed by atoms with Gasteiger partial charge in [-0.05, 0) is 65.5 Å². The molecule has 2 rings (SSSR count). The lowest BCUT2D eigenvalue weighted by Gasteiger charge is -2.34. The third kappa shape index (κ3) is 7.00. The van der Waals surface area contributed by atoms with Crippen molar-refractivity contribution in [3.8, 4) is 11.5 Å². The number of ether oxygens (including phenoxy) is 3.